The molecule has 0 heterocycles. The van der Waals surface area contributed by atoms with E-state index < -0.39 is 0 Å². The maximum Gasteiger partial charge on any atom is 0.161 e. The molecule has 3 nitrogen and oxygen atoms in total. The van der Waals surface area contributed by atoms with Crippen molar-refractivity contribution in [2.75, 3.05) is 17.6 Å². The lowest BCUT2D eigenvalue weighted by molar-refractivity contribution is 0.101. The Morgan fingerprint density at radius 2 is 2.10 bits per heavy atom. The fraction of sp³-hybridized carbons (Fsp3) is 0.235. The summed E-state index contributed by atoms with van der Waals surface area (Å²) in [5.41, 5.74) is 10.9. The van der Waals surface area contributed by atoms with E-state index in [4.69, 9.17) is 5.73 Å². The molecule has 0 aliphatic heterocycles. The predicted molar refractivity (Wildman–Crippen MR) is 82.2 cm³/mol. The average Bonchev–Trinajstić information content (AvgIpc) is 2.39. The van der Waals surface area contributed by atoms with Crippen LogP contribution < -0.4 is 11.1 Å². The Morgan fingerprint density at radius 3 is 2.80 bits per heavy atom. The number of fused-ring (bicyclic) bond motifs is 1. The quantitative estimate of drug-likeness (QED) is 0.660. The Bertz CT molecular complexity index is 664. The van der Waals surface area contributed by atoms with Crippen molar-refractivity contribution in [3.05, 3.63) is 59.2 Å². The summed E-state index contributed by atoms with van der Waals surface area (Å²) in [6, 6.07) is 14.1. The van der Waals surface area contributed by atoms with Gasteiger partial charge in [0.2, 0.25) is 0 Å². The molecule has 0 radical (unpaired) electrons. The van der Waals surface area contributed by atoms with Crippen molar-refractivity contribution in [3.63, 3.8) is 0 Å². The Labute approximate surface area is 118 Å². The second-order valence-electron chi connectivity index (χ2n) is 5.34. The van der Waals surface area contributed by atoms with Crippen LogP contribution >= 0.6 is 0 Å². The van der Waals surface area contributed by atoms with Gasteiger partial charge in [-0.2, -0.15) is 0 Å². The molecular weight excluding hydrogens is 248 g/mol. The van der Waals surface area contributed by atoms with Gasteiger partial charge in [-0.1, -0.05) is 24.3 Å². The largest absolute Gasteiger partial charge is 0.398 e. The van der Waals surface area contributed by atoms with Crippen LogP contribution in [0.1, 0.15) is 34.3 Å². The van der Waals surface area contributed by atoms with Gasteiger partial charge in [-0.25, -0.2) is 0 Å². The molecule has 1 unspecified atom stereocenters. The number of anilines is 2. The maximum atomic E-state index is 11.3. The van der Waals surface area contributed by atoms with E-state index in [0.29, 0.717) is 17.2 Å². The number of nitrogens with two attached hydrogens (primary N) is 1. The molecule has 1 aliphatic carbocycles. The number of nitrogens with one attached hydrogen (secondary N) is 1. The number of carbonyl (C=O) groups excluding carboxylic acids is 1. The van der Waals surface area contributed by atoms with Crippen LogP contribution in [0.15, 0.2) is 42.5 Å². The summed E-state index contributed by atoms with van der Waals surface area (Å²) >= 11 is 0. The lowest BCUT2D eigenvalue weighted by atomic mass is 9.77. The maximum absolute atomic E-state index is 11.3. The minimum absolute atomic E-state index is 0.00182. The summed E-state index contributed by atoms with van der Waals surface area (Å²) in [6.45, 7) is 2.43. The van der Waals surface area contributed by atoms with Crippen molar-refractivity contribution in [2.45, 2.75) is 19.3 Å². The van der Waals surface area contributed by atoms with Gasteiger partial charge in [0.25, 0.3) is 0 Å². The van der Waals surface area contributed by atoms with E-state index in [1.165, 1.54) is 18.1 Å². The number of ketones is 1. The van der Waals surface area contributed by atoms with Crippen LogP contribution in [0.3, 0.4) is 0 Å². The summed E-state index contributed by atoms with van der Waals surface area (Å²) in [7, 11) is 0. The molecule has 0 saturated heterocycles. The molecule has 20 heavy (non-hydrogen) atoms. The van der Waals surface area contributed by atoms with E-state index in [1.54, 1.807) is 6.07 Å². The van der Waals surface area contributed by atoms with E-state index in [9.17, 15) is 4.79 Å². The van der Waals surface area contributed by atoms with Crippen LogP contribution in [0.4, 0.5) is 11.4 Å². The highest BCUT2D eigenvalue weighted by atomic mass is 16.1. The molecule has 2 aromatic rings. The van der Waals surface area contributed by atoms with Crippen LogP contribution in [0.5, 0.6) is 0 Å². The molecule has 102 valence electrons. The predicted octanol–water partition coefficient (Wildman–Crippen LogP) is 3.22. The van der Waals surface area contributed by atoms with Gasteiger partial charge in [0.05, 0.1) is 0 Å². The van der Waals surface area contributed by atoms with Gasteiger partial charge in [0.1, 0.15) is 0 Å². The third kappa shape index (κ3) is 2.27. The fourth-order valence-corrected chi connectivity index (χ4v) is 2.78. The number of rotatable bonds is 4. The molecule has 0 saturated carbocycles. The van der Waals surface area contributed by atoms with Gasteiger partial charge >= 0.3 is 0 Å². The Kier molecular flexibility index (Phi) is 3.18. The molecule has 0 spiro atoms. The second-order valence-corrected chi connectivity index (χ2v) is 5.34. The topological polar surface area (TPSA) is 55.1 Å². The summed E-state index contributed by atoms with van der Waals surface area (Å²) in [5.74, 6) is 0.571. The highest BCUT2D eigenvalue weighted by Crippen LogP contribution is 2.34. The number of carbonyl (C=O) groups is 1. The molecule has 0 aromatic heterocycles. The molecule has 1 atom stereocenters. The first-order valence-corrected chi connectivity index (χ1v) is 6.87. The highest BCUT2D eigenvalue weighted by Gasteiger charge is 2.24. The second kappa shape index (κ2) is 5.00. The monoisotopic (exact) mass is 266 g/mol. The number of nitrogen functional groups attached to an aromatic ring is 1. The molecule has 0 fully saturated rings. The van der Waals surface area contributed by atoms with Crippen molar-refractivity contribution in [3.8, 4) is 0 Å². The third-order valence-corrected chi connectivity index (χ3v) is 3.94. The number of hydrogen-bond donors (Lipinski definition) is 2. The molecule has 3 N–H and O–H groups in total. The van der Waals surface area contributed by atoms with Crippen LogP contribution in [-0.2, 0) is 6.42 Å². The van der Waals surface area contributed by atoms with Gasteiger partial charge in [0, 0.05) is 29.4 Å². The molecule has 3 rings (SSSR count). The van der Waals surface area contributed by atoms with E-state index in [0.717, 1.165) is 18.7 Å². The summed E-state index contributed by atoms with van der Waals surface area (Å²) in [6.07, 6.45) is 1.13. The lowest BCUT2D eigenvalue weighted by Crippen LogP contribution is -2.24. The lowest BCUT2D eigenvalue weighted by Gasteiger charge is -2.30. The summed E-state index contributed by atoms with van der Waals surface area (Å²) < 4.78 is 0. The zero-order valence-electron chi connectivity index (χ0n) is 11.5. The average molecular weight is 266 g/mol. The van der Waals surface area contributed by atoms with Crippen molar-refractivity contribution in [1.29, 1.82) is 0 Å². The van der Waals surface area contributed by atoms with Gasteiger partial charge < -0.3 is 11.1 Å². The van der Waals surface area contributed by atoms with E-state index in [-0.39, 0.29) is 5.78 Å². The van der Waals surface area contributed by atoms with Crippen molar-refractivity contribution in [2.24, 2.45) is 0 Å². The number of hydrogen-bond acceptors (Lipinski definition) is 3. The Hall–Kier alpha value is -2.29. The Balaban J connectivity index is 1.66. The van der Waals surface area contributed by atoms with Gasteiger partial charge in [-0.3, -0.25) is 4.79 Å². The summed E-state index contributed by atoms with van der Waals surface area (Å²) in [5, 5.41) is 3.40. The SMILES string of the molecule is CC(=O)c1ccc(NCC2Cc3ccccc32)cc1N. The minimum Gasteiger partial charge on any atom is -0.398 e. The first-order chi connectivity index (χ1) is 9.65. The van der Waals surface area contributed by atoms with Crippen molar-refractivity contribution in [1.82, 2.24) is 0 Å². The van der Waals surface area contributed by atoms with E-state index >= 15 is 0 Å². The van der Waals surface area contributed by atoms with Crippen LogP contribution in [-0.4, -0.2) is 12.3 Å². The van der Waals surface area contributed by atoms with Crippen LogP contribution in [0.25, 0.3) is 0 Å². The number of benzene rings is 2. The smallest absolute Gasteiger partial charge is 0.161 e. The van der Waals surface area contributed by atoms with Crippen LogP contribution in [0.2, 0.25) is 0 Å². The third-order valence-electron chi connectivity index (χ3n) is 3.94. The van der Waals surface area contributed by atoms with Crippen molar-refractivity contribution >= 4 is 17.2 Å². The molecule has 2 aromatic carbocycles. The Morgan fingerprint density at radius 1 is 1.30 bits per heavy atom. The fourth-order valence-electron chi connectivity index (χ4n) is 2.78. The zero-order chi connectivity index (χ0) is 14.1. The van der Waals surface area contributed by atoms with Gasteiger partial charge in [0.15, 0.2) is 5.78 Å². The highest BCUT2D eigenvalue weighted by molar-refractivity contribution is 5.99. The van der Waals surface area contributed by atoms with Crippen molar-refractivity contribution < 1.29 is 4.79 Å². The van der Waals surface area contributed by atoms with E-state index in [2.05, 4.69) is 29.6 Å². The normalized spacial score (nSPS) is 16.1. The molecule has 0 bridgehead atoms. The minimum atomic E-state index is 0.00182. The molecular formula is C17H18N2O. The van der Waals surface area contributed by atoms with Gasteiger partial charge in [-0.05, 0) is 42.7 Å². The molecule has 3 heteroatoms. The zero-order valence-corrected chi connectivity index (χ0v) is 11.5. The van der Waals surface area contributed by atoms with Crippen LogP contribution in [0, 0.1) is 0 Å². The standard InChI is InChI=1S/C17H18N2O/c1-11(20)15-7-6-14(9-17(15)18)19-10-13-8-12-4-2-3-5-16(12)13/h2-7,9,13,19H,8,10,18H2,1H3. The molecule has 1 aliphatic rings. The number of Topliss-reactive ketones (excluding diaryl/α,β-unsaturated/α-hetero) is 1. The molecule has 0 amide bonds. The summed E-state index contributed by atoms with van der Waals surface area (Å²) in [4.78, 5) is 11.3. The first kappa shape index (κ1) is 12.7. The van der Waals surface area contributed by atoms with Gasteiger partial charge in [-0.15, -0.1) is 0 Å². The first-order valence-electron chi connectivity index (χ1n) is 6.87. The van der Waals surface area contributed by atoms with E-state index in [1.807, 2.05) is 12.1 Å².